The maximum Gasteiger partial charge on any atom is 0.173 e. The first-order valence-corrected chi connectivity index (χ1v) is 7.05. The zero-order chi connectivity index (χ0) is 13.7. The molecule has 0 saturated heterocycles. The lowest BCUT2D eigenvalue weighted by atomic mass is 10.1. The summed E-state index contributed by atoms with van der Waals surface area (Å²) in [6.45, 7) is 1.96. The number of carbonyl (C=O) groups is 1. The van der Waals surface area contributed by atoms with Crippen LogP contribution in [0.5, 0.6) is 5.75 Å². The Bertz CT molecular complexity index is 561. The van der Waals surface area contributed by atoms with Gasteiger partial charge < -0.3 is 4.74 Å². The van der Waals surface area contributed by atoms with Gasteiger partial charge in [0.15, 0.2) is 5.78 Å². The van der Waals surface area contributed by atoms with E-state index in [1.54, 1.807) is 18.9 Å². The summed E-state index contributed by atoms with van der Waals surface area (Å²) in [5.74, 6) is 1.45. The van der Waals surface area contributed by atoms with Gasteiger partial charge in [0.25, 0.3) is 0 Å². The molecule has 98 valence electrons. The molecular formula is C16H16O2S. The molecule has 0 radical (unpaired) electrons. The Hall–Kier alpha value is -1.74. The molecule has 2 aromatic carbocycles. The second kappa shape index (κ2) is 6.43. The molecule has 0 aliphatic rings. The first kappa shape index (κ1) is 13.7. The van der Waals surface area contributed by atoms with Crippen LogP contribution in [-0.2, 0) is 0 Å². The maximum absolute atomic E-state index is 12.1. The van der Waals surface area contributed by atoms with E-state index in [1.807, 2.05) is 55.5 Å². The van der Waals surface area contributed by atoms with E-state index in [-0.39, 0.29) is 5.78 Å². The number of carbonyl (C=O) groups excluding carboxylic acids is 1. The van der Waals surface area contributed by atoms with Crippen molar-refractivity contribution in [2.24, 2.45) is 0 Å². The number of hydrogen-bond donors (Lipinski definition) is 0. The summed E-state index contributed by atoms with van der Waals surface area (Å²) >= 11 is 1.55. The monoisotopic (exact) mass is 272 g/mol. The van der Waals surface area contributed by atoms with Crippen LogP contribution in [0.1, 0.15) is 15.9 Å². The van der Waals surface area contributed by atoms with E-state index in [0.29, 0.717) is 5.75 Å². The number of ketones is 1. The van der Waals surface area contributed by atoms with Gasteiger partial charge in [0.05, 0.1) is 12.9 Å². The summed E-state index contributed by atoms with van der Waals surface area (Å²) in [7, 11) is 1.64. The predicted octanol–water partition coefficient (Wildman–Crippen LogP) is 3.98. The van der Waals surface area contributed by atoms with Gasteiger partial charge in [-0.3, -0.25) is 4.79 Å². The minimum atomic E-state index is 0.166. The van der Waals surface area contributed by atoms with Crippen LogP contribution in [-0.4, -0.2) is 18.6 Å². The highest BCUT2D eigenvalue weighted by molar-refractivity contribution is 8.00. The number of ether oxygens (including phenoxy) is 1. The smallest absolute Gasteiger partial charge is 0.173 e. The van der Waals surface area contributed by atoms with Gasteiger partial charge in [0, 0.05) is 10.5 Å². The van der Waals surface area contributed by atoms with E-state index < -0.39 is 0 Å². The van der Waals surface area contributed by atoms with E-state index in [1.165, 1.54) is 0 Å². The van der Waals surface area contributed by atoms with Gasteiger partial charge in [-0.1, -0.05) is 24.3 Å². The quantitative estimate of drug-likeness (QED) is 0.608. The Morgan fingerprint density at radius 3 is 2.42 bits per heavy atom. The summed E-state index contributed by atoms with van der Waals surface area (Å²) in [4.78, 5) is 13.2. The lowest BCUT2D eigenvalue weighted by Crippen LogP contribution is -2.04. The van der Waals surface area contributed by atoms with Crippen molar-refractivity contribution < 1.29 is 9.53 Å². The first-order valence-electron chi connectivity index (χ1n) is 6.06. The minimum Gasteiger partial charge on any atom is -0.497 e. The number of Topliss-reactive ketones (excluding diaryl/α,β-unsaturated/α-hetero) is 1. The van der Waals surface area contributed by atoms with Crippen LogP contribution < -0.4 is 4.74 Å². The molecule has 2 nitrogen and oxygen atoms in total. The summed E-state index contributed by atoms with van der Waals surface area (Å²) in [6, 6.07) is 15.4. The number of benzene rings is 2. The SMILES string of the molecule is COc1ccc(SCC(=O)c2ccccc2C)cc1. The highest BCUT2D eigenvalue weighted by Gasteiger charge is 2.08. The van der Waals surface area contributed by atoms with Gasteiger partial charge >= 0.3 is 0 Å². The maximum atomic E-state index is 12.1. The second-order valence-electron chi connectivity index (χ2n) is 4.20. The fraction of sp³-hybridized carbons (Fsp3) is 0.188. The standard InChI is InChI=1S/C16H16O2S/c1-12-5-3-4-6-15(12)16(17)11-19-14-9-7-13(18-2)8-10-14/h3-10H,11H2,1-2H3. The molecule has 0 atom stereocenters. The minimum absolute atomic E-state index is 0.166. The van der Waals surface area contributed by atoms with Crippen LogP contribution in [0.15, 0.2) is 53.4 Å². The van der Waals surface area contributed by atoms with Crippen molar-refractivity contribution in [3.8, 4) is 5.75 Å². The number of rotatable bonds is 5. The van der Waals surface area contributed by atoms with E-state index in [0.717, 1.165) is 21.8 Å². The molecular weight excluding hydrogens is 256 g/mol. The van der Waals surface area contributed by atoms with Crippen LogP contribution in [0.25, 0.3) is 0 Å². The Labute approximate surface area is 117 Å². The highest BCUT2D eigenvalue weighted by atomic mass is 32.2. The normalized spacial score (nSPS) is 10.2. The molecule has 2 aromatic rings. The van der Waals surface area contributed by atoms with Crippen molar-refractivity contribution in [2.75, 3.05) is 12.9 Å². The lowest BCUT2D eigenvalue weighted by molar-refractivity contribution is 0.102. The van der Waals surface area contributed by atoms with E-state index >= 15 is 0 Å². The van der Waals surface area contributed by atoms with Crippen molar-refractivity contribution >= 4 is 17.5 Å². The van der Waals surface area contributed by atoms with Crippen LogP contribution in [0.4, 0.5) is 0 Å². The van der Waals surface area contributed by atoms with Crippen LogP contribution in [0.3, 0.4) is 0 Å². The molecule has 2 rings (SSSR count). The number of aryl methyl sites for hydroxylation is 1. The fourth-order valence-corrected chi connectivity index (χ4v) is 2.57. The zero-order valence-corrected chi connectivity index (χ0v) is 11.9. The summed E-state index contributed by atoms with van der Waals surface area (Å²) < 4.78 is 5.10. The number of hydrogen-bond acceptors (Lipinski definition) is 3. The van der Waals surface area contributed by atoms with E-state index in [4.69, 9.17) is 4.74 Å². The molecule has 0 aromatic heterocycles. The fourth-order valence-electron chi connectivity index (χ4n) is 1.78. The third kappa shape index (κ3) is 3.61. The van der Waals surface area contributed by atoms with Crippen molar-refractivity contribution in [3.05, 3.63) is 59.7 Å². The summed E-state index contributed by atoms with van der Waals surface area (Å²) in [5.41, 5.74) is 1.84. The average molecular weight is 272 g/mol. The molecule has 19 heavy (non-hydrogen) atoms. The molecule has 0 fully saturated rings. The molecule has 0 spiro atoms. The predicted molar refractivity (Wildman–Crippen MR) is 79.2 cm³/mol. The molecule has 0 amide bonds. The van der Waals surface area contributed by atoms with E-state index in [9.17, 15) is 4.79 Å². The Balaban J connectivity index is 1.98. The molecule has 3 heteroatoms. The first-order chi connectivity index (χ1) is 9.20. The number of methoxy groups -OCH3 is 1. The summed E-state index contributed by atoms with van der Waals surface area (Å²) in [6.07, 6.45) is 0. The zero-order valence-electron chi connectivity index (χ0n) is 11.1. The molecule has 0 saturated carbocycles. The van der Waals surface area contributed by atoms with Gasteiger partial charge in [-0.15, -0.1) is 11.8 Å². The second-order valence-corrected chi connectivity index (χ2v) is 5.25. The Morgan fingerprint density at radius 2 is 1.79 bits per heavy atom. The van der Waals surface area contributed by atoms with Gasteiger partial charge in [0.1, 0.15) is 5.75 Å². The third-order valence-corrected chi connectivity index (χ3v) is 3.89. The van der Waals surface area contributed by atoms with Gasteiger partial charge in [0.2, 0.25) is 0 Å². The third-order valence-electron chi connectivity index (χ3n) is 2.87. The van der Waals surface area contributed by atoms with Gasteiger partial charge in [-0.2, -0.15) is 0 Å². The van der Waals surface area contributed by atoms with E-state index in [2.05, 4.69) is 0 Å². The Kier molecular flexibility index (Phi) is 4.63. The van der Waals surface area contributed by atoms with Gasteiger partial charge in [-0.05, 0) is 36.8 Å². The van der Waals surface area contributed by atoms with Crippen molar-refractivity contribution in [2.45, 2.75) is 11.8 Å². The number of thioether (sulfide) groups is 1. The largest absolute Gasteiger partial charge is 0.497 e. The molecule has 0 heterocycles. The molecule has 0 aliphatic heterocycles. The van der Waals surface area contributed by atoms with Crippen molar-refractivity contribution in [1.82, 2.24) is 0 Å². The van der Waals surface area contributed by atoms with Crippen LogP contribution >= 0.6 is 11.8 Å². The van der Waals surface area contributed by atoms with Crippen LogP contribution in [0.2, 0.25) is 0 Å². The topological polar surface area (TPSA) is 26.3 Å². The molecule has 0 bridgehead atoms. The van der Waals surface area contributed by atoms with Crippen molar-refractivity contribution in [3.63, 3.8) is 0 Å². The Morgan fingerprint density at radius 1 is 1.11 bits per heavy atom. The lowest BCUT2D eigenvalue weighted by Gasteiger charge is -2.05. The molecule has 0 aliphatic carbocycles. The van der Waals surface area contributed by atoms with Crippen molar-refractivity contribution in [1.29, 1.82) is 0 Å². The van der Waals surface area contributed by atoms with Gasteiger partial charge in [-0.25, -0.2) is 0 Å². The molecule has 0 unspecified atom stereocenters. The summed E-state index contributed by atoms with van der Waals surface area (Å²) in [5, 5.41) is 0. The highest BCUT2D eigenvalue weighted by Crippen LogP contribution is 2.22. The average Bonchev–Trinajstić information content (AvgIpc) is 2.46. The molecule has 0 N–H and O–H groups in total. The van der Waals surface area contributed by atoms with Crippen LogP contribution in [0, 0.1) is 6.92 Å².